The molecule has 0 amide bonds. The van der Waals surface area contributed by atoms with Gasteiger partial charge < -0.3 is 0 Å². The van der Waals surface area contributed by atoms with Crippen LogP contribution in [0, 0.1) is 12.9 Å². The number of hydrogen-bond donors (Lipinski definition) is 0. The van der Waals surface area contributed by atoms with Crippen molar-refractivity contribution in [1.29, 1.82) is 0 Å². The highest BCUT2D eigenvalue weighted by Gasteiger charge is 2.19. The molecule has 13 heavy (non-hydrogen) atoms. The molecule has 0 aromatic carbocycles. The number of hydrogen-bond acceptors (Lipinski definition) is 1. The lowest BCUT2D eigenvalue weighted by Gasteiger charge is -2.21. The third-order valence-corrected chi connectivity index (χ3v) is 2.90. The van der Waals surface area contributed by atoms with Crippen molar-refractivity contribution in [3.63, 3.8) is 0 Å². The molecule has 0 spiro atoms. The second-order valence-corrected chi connectivity index (χ2v) is 4.93. The molecule has 1 heterocycles. The van der Waals surface area contributed by atoms with Gasteiger partial charge in [-0.05, 0) is 39.9 Å². The first kappa shape index (κ1) is 10.6. The predicted molar refractivity (Wildman–Crippen MR) is 55.3 cm³/mol. The normalized spacial score (nSPS) is 11.8. The van der Waals surface area contributed by atoms with E-state index in [1.54, 1.807) is 6.92 Å². The fourth-order valence-corrected chi connectivity index (χ4v) is 1.96. The van der Waals surface area contributed by atoms with Gasteiger partial charge in [0.1, 0.15) is 0 Å². The lowest BCUT2D eigenvalue weighted by Crippen LogP contribution is -2.13. The van der Waals surface area contributed by atoms with Crippen LogP contribution in [-0.4, -0.2) is 4.98 Å². The lowest BCUT2D eigenvalue weighted by atomic mass is 9.87. The fourth-order valence-electron chi connectivity index (χ4n) is 1.16. The van der Waals surface area contributed by atoms with Crippen molar-refractivity contribution in [3.05, 3.63) is 27.7 Å². The van der Waals surface area contributed by atoms with E-state index < -0.39 is 5.95 Å². The van der Waals surface area contributed by atoms with Gasteiger partial charge in [-0.2, -0.15) is 4.39 Å². The first-order valence-electron chi connectivity index (χ1n) is 4.15. The zero-order valence-electron chi connectivity index (χ0n) is 8.28. The summed E-state index contributed by atoms with van der Waals surface area (Å²) in [7, 11) is 0. The molecule has 0 aliphatic carbocycles. The molecule has 0 unspecified atom stereocenters. The van der Waals surface area contributed by atoms with Gasteiger partial charge in [0, 0.05) is 4.47 Å². The zero-order chi connectivity index (χ0) is 10.2. The third kappa shape index (κ3) is 2.27. The summed E-state index contributed by atoms with van der Waals surface area (Å²) in [5.74, 6) is -0.411. The highest BCUT2D eigenvalue weighted by atomic mass is 79.9. The maximum atomic E-state index is 13.0. The Hall–Kier alpha value is -0.440. The van der Waals surface area contributed by atoms with Crippen molar-refractivity contribution >= 4 is 15.9 Å². The van der Waals surface area contributed by atoms with Crippen LogP contribution in [0.3, 0.4) is 0 Å². The van der Waals surface area contributed by atoms with Crippen LogP contribution in [0.1, 0.15) is 32.0 Å². The molecule has 0 atom stereocenters. The summed E-state index contributed by atoms with van der Waals surface area (Å²) in [6.07, 6.45) is 0. The average molecular weight is 246 g/mol. The molecule has 0 bridgehead atoms. The number of aryl methyl sites for hydroxylation is 1. The second-order valence-electron chi connectivity index (χ2n) is 4.14. The van der Waals surface area contributed by atoms with Crippen LogP contribution in [0.5, 0.6) is 0 Å². The summed E-state index contributed by atoms with van der Waals surface area (Å²) in [4.78, 5) is 3.73. The van der Waals surface area contributed by atoms with Gasteiger partial charge >= 0.3 is 0 Å². The van der Waals surface area contributed by atoms with E-state index in [1.807, 2.05) is 20.8 Å². The number of rotatable bonds is 0. The average Bonchev–Trinajstić information content (AvgIpc) is 1.94. The zero-order valence-corrected chi connectivity index (χ0v) is 9.87. The third-order valence-electron chi connectivity index (χ3n) is 1.90. The standard InChI is InChI=1S/C10H13BrFN/c1-6-9(11)7(10(2,3)4)5-8(12)13-6/h5H,1-4H3. The predicted octanol–water partition coefficient (Wildman–Crippen LogP) is 3.59. The molecular formula is C10H13BrFN. The molecule has 3 heteroatoms. The minimum atomic E-state index is -0.411. The Kier molecular flexibility index (Phi) is 2.76. The fraction of sp³-hybridized carbons (Fsp3) is 0.500. The Bertz CT molecular complexity index is 328. The van der Waals surface area contributed by atoms with Crippen molar-refractivity contribution in [2.75, 3.05) is 0 Å². The largest absolute Gasteiger partial charge is 0.224 e. The van der Waals surface area contributed by atoms with E-state index >= 15 is 0 Å². The smallest absolute Gasteiger partial charge is 0.213 e. The maximum absolute atomic E-state index is 13.0. The van der Waals surface area contributed by atoms with Gasteiger partial charge in [-0.15, -0.1) is 0 Å². The van der Waals surface area contributed by atoms with Gasteiger partial charge in [0.05, 0.1) is 5.69 Å². The molecule has 1 rings (SSSR count). The molecule has 0 saturated carbocycles. The summed E-state index contributed by atoms with van der Waals surface area (Å²) in [6, 6.07) is 1.48. The van der Waals surface area contributed by atoms with Gasteiger partial charge in [0.15, 0.2) is 0 Å². The van der Waals surface area contributed by atoms with E-state index in [1.165, 1.54) is 6.07 Å². The summed E-state index contributed by atoms with van der Waals surface area (Å²) in [5, 5.41) is 0. The molecule has 0 aliphatic heterocycles. The Morgan fingerprint density at radius 3 is 2.38 bits per heavy atom. The van der Waals surface area contributed by atoms with Gasteiger partial charge in [0.25, 0.3) is 0 Å². The summed E-state index contributed by atoms with van der Waals surface area (Å²) in [6.45, 7) is 7.94. The molecule has 0 saturated heterocycles. The van der Waals surface area contributed by atoms with E-state index in [0.29, 0.717) is 5.69 Å². The highest BCUT2D eigenvalue weighted by Crippen LogP contribution is 2.31. The van der Waals surface area contributed by atoms with E-state index in [-0.39, 0.29) is 5.41 Å². The Labute approximate surface area is 86.5 Å². The van der Waals surface area contributed by atoms with E-state index in [4.69, 9.17) is 0 Å². The Morgan fingerprint density at radius 2 is 1.92 bits per heavy atom. The van der Waals surface area contributed by atoms with E-state index in [0.717, 1.165) is 10.0 Å². The monoisotopic (exact) mass is 245 g/mol. The van der Waals surface area contributed by atoms with Crippen LogP contribution >= 0.6 is 15.9 Å². The van der Waals surface area contributed by atoms with E-state index in [2.05, 4.69) is 20.9 Å². The van der Waals surface area contributed by atoms with Crippen molar-refractivity contribution in [2.24, 2.45) is 0 Å². The van der Waals surface area contributed by atoms with Crippen LogP contribution < -0.4 is 0 Å². The molecule has 0 radical (unpaired) electrons. The number of nitrogens with zero attached hydrogens (tertiary/aromatic N) is 1. The van der Waals surface area contributed by atoms with Crippen LogP contribution in [0.15, 0.2) is 10.5 Å². The number of pyridine rings is 1. The minimum absolute atomic E-state index is 0.0621. The van der Waals surface area contributed by atoms with Crippen LogP contribution in [0.4, 0.5) is 4.39 Å². The molecule has 0 aliphatic rings. The number of halogens is 2. The SMILES string of the molecule is Cc1nc(F)cc(C(C)(C)C)c1Br. The van der Waals surface area contributed by atoms with Gasteiger partial charge in [-0.25, -0.2) is 4.98 Å². The molecule has 1 aromatic rings. The highest BCUT2D eigenvalue weighted by molar-refractivity contribution is 9.10. The quantitative estimate of drug-likeness (QED) is 0.637. The number of aromatic nitrogens is 1. The molecule has 1 nitrogen and oxygen atoms in total. The molecule has 72 valence electrons. The first-order valence-corrected chi connectivity index (χ1v) is 4.95. The van der Waals surface area contributed by atoms with Gasteiger partial charge in [0.2, 0.25) is 5.95 Å². The second kappa shape index (κ2) is 3.37. The summed E-state index contributed by atoms with van der Waals surface area (Å²) in [5.41, 5.74) is 1.59. The summed E-state index contributed by atoms with van der Waals surface area (Å²) >= 11 is 3.42. The Balaban J connectivity index is 3.37. The topological polar surface area (TPSA) is 12.9 Å². The van der Waals surface area contributed by atoms with Crippen molar-refractivity contribution in [2.45, 2.75) is 33.1 Å². The van der Waals surface area contributed by atoms with Gasteiger partial charge in [-0.3, -0.25) is 0 Å². The molecule has 0 N–H and O–H groups in total. The molecule has 1 aromatic heterocycles. The van der Waals surface area contributed by atoms with Crippen LogP contribution in [0.25, 0.3) is 0 Å². The Morgan fingerprint density at radius 1 is 1.38 bits per heavy atom. The molecular weight excluding hydrogens is 233 g/mol. The molecule has 0 fully saturated rings. The van der Waals surface area contributed by atoms with Crippen molar-refractivity contribution < 1.29 is 4.39 Å². The van der Waals surface area contributed by atoms with Gasteiger partial charge in [-0.1, -0.05) is 20.8 Å². The first-order chi connectivity index (χ1) is 5.82. The van der Waals surface area contributed by atoms with Crippen LogP contribution in [0.2, 0.25) is 0 Å². The van der Waals surface area contributed by atoms with Crippen molar-refractivity contribution in [3.8, 4) is 0 Å². The summed E-state index contributed by atoms with van der Waals surface area (Å²) < 4.78 is 13.9. The lowest BCUT2D eigenvalue weighted by molar-refractivity contribution is 0.545. The maximum Gasteiger partial charge on any atom is 0.213 e. The minimum Gasteiger partial charge on any atom is -0.224 e. The van der Waals surface area contributed by atoms with Crippen LogP contribution in [-0.2, 0) is 5.41 Å². The van der Waals surface area contributed by atoms with Crippen molar-refractivity contribution in [1.82, 2.24) is 4.98 Å². The van der Waals surface area contributed by atoms with E-state index in [9.17, 15) is 4.39 Å².